The lowest BCUT2D eigenvalue weighted by atomic mass is 9.72. The van der Waals surface area contributed by atoms with Gasteiger partial charge < -0.3 is 24.9 Å². The number of fused-ring (bicyclic) bond motifs is 2. The Hall–Kier alpha value is -5.02. The molecule has 60 heavy (non-hydrogen) atoms. The van der Waals surface area contributed by atoms with Crippen molar-refractivity contribution in [3.8, 4) is 5.75 Å². The molecule has 0 amide bonds. The average molecular weight is 847 g/mol. The molecule has 0 fully saturated rings. The molecule has 0 saturated heterocycles. The van der Waals surface area contributed by atoms with Crippen molar-refractivity contribution in [1.29, 1.82) is 0 Å². The van der Waals surface area contributed by atoms with E-state index in [1.807, 2.05) is 0 Å². The number of nitrogens with zero attached hydrogens (tertiary/aromatic N) is 2. The Morgan fingerprint density at radius 3 is 1.82 bits per heavy atom. The summed E-state index contributed by atoms with van der Waals surface area (Å²) < 4.78 is 117. The van der Waals surface area contributed by atoms with Gasteiger partial charge in [-0.25, -0.2) is 8.78 Å². The zero-order valence-electron chi connectivity index (χ0n) is 34.9. The normalized spacial score (nSPS) is 14.8. The molecule has 15 heteroatoms. The maximum Gasteiger partial charge on any atom is 0.417 e. The van der Waals surface area contributed by atoms with E-state index in [0.717, 1.165) is 17.1 Å². The lowest BCUT2D eigenvalue weighted by Crippen LogP contribution is -2.51. The Labute approximate surface area is 343 Å². The zero-order chi connectivity index (χ0) is 44.8. The number of hydrogen-bond acceptors (Lipinski definition) is 5. The van der Waals surface area contributed by atoms with Crippen molar-refractivity contribution in [2.45, 2.75) is 115 Å². The van der Waals surface area contributed by atoms with Crippen LogP contribution in [0.1, 0.15) is 85.6 Å². The SMILES string of the molecule is COc1ccc(F)cc1C(C)(C)CC(O)(Cc1cc2c(C)nc(C)cc2[nH]1)C(F)(F)F.Cc1ccc(F)cc1C(C)(C)CC(O)(Cc1[nH]c2cnccc2c1C)C(F)(F)F. The monoisotopic (exact) mass is 846 g/mol. The molecule has 4 aromatic heterocycles. The first-order chi connectivity index (χ1) is 27.6. The number of hydrogen-bond donors (Lipinski definition) is 4. The van der Waals surface area contributed by atoms with Crippen LogP contribution >= 0.6 is 0 Å². The van der Waals surface area contributed by atoms with E-state index in [-0.39, 0.29) is 17.0 Å². The second-order valence-corrected chi connectivity index (χ2v) is 17.1. The highest BCUT2D eigenvalue weighted by Gasteiger charge is 2.57. The Morgan fingerprint density at radius 1 is 0.667 bits per heavy atom. The number of ether oxygens (including phenoxy) is 1. The molecule has 0 bridgehead atoms. The summed E-state index contributed by atoms with van der Waals surface area (Å²) >= 11 is 0. The van der Waals surface area contributed by atoms with E-state index in [4.69, 9.17) is 4.74 Å². The van der Waals surface area contributed by atoms with Gasteiger partial charge in [-0.1, -0.05) is 33.8 Å². The van der Waals surface area contributed by atoms with Crippen LogP contribution in [0, 0.1) is 39.3 Å². The predicted molar refractivity (Wildman–Crippen MR) is 215 cm³/mol. The predicted octanol–water partition coefficient (Wildman–Crippen LogP) is 11.1. The standard InChI is InChI=1S/C23H26F4N2O2.C22H24F4N2O/c1-13-8-19-17(14(2)28-13)10-16(29-19)11-22(30,23(25,26)27)12-21(3,4)18-9-15(24)6-7-20(18)31-5;1-13-5-6-15(23)9-17(13)20(3,4)12-21(29,22(24,25)26)10-18-14(2)16-7-8-27-11-19(16)28-18/h6-10,29-30H,11-12H2,1-5H3;5-9,11,28-29H,10,12H2,1-4H3. The molecule has 6 aromatic rings. The van der Waals surface area contributed by atoms with Crippen molar-refractivity contribution < 1.29 is 50.1 Å². The largest absolute Gasteiger partial charge is 0.496 e. The number of aromatic nitrogens is 4. The third-order valence-electron chi connectivity index (χ3n) is 11.2. The summed E-state index contributed by atoms with van der Waals surface area (Å²) in [7, 11) is 1.37. The van der Waals surface area contributed by atoms with E-state index in [2.05, 4.69) is 19.9 Å². The molecule has 0 spiro atoms. The van der Waals surface area contributed by atoms with Gasteiger partial charge in [0.2, 0.25) is 0 Å². The van der Waals surface area contributed by atoms with E-state index >= 15 is 0 Å². The van der Waals surface area contributed by atoms with Crippen LogP contribution in [0.15, 0.2) is 67.0 Å². The summed E-state index contributed by atoms with van der Waals surface area (Å²) in [6, 6.07) is 12.8. The summed E-state index contributed by atoms with van der Waals surface area (Å²) in [5.41, 5.74) is -3.12. The number of nitrogens with one attached hydrogen (secondary N) is 2. The van der Waals surface area contributed by atoms with E-state index in [9.17, 15) is 45.3 Å². The fourth-order valence-electron chi connectivity index (χ4n) is 8.34. The molecule has 2 atom stereocenters. The van der Waals surface area contributed by atoms with Gasteiger partial charge in [0, 0.05) is 63.7 Å². The quantitative estimate of drug-likeness (QED) is 0.0972. The van der Waals surface area contributed by atoms with Crippen LogP contribution < -0.4 is 4.74 Å². The number of halogens is 8. The molecule has 4 heterocycles. The third-order valence-corrected chi connectivity index (χ3v) is 11.2. The van der Waals surface area contributed by atoms with Crippen molar-refractivity contribution in [2.75, 3.05) is 7.11 Å². The minimum Gasteiger partial charge on any atom is -0.496 e. The second-order valence-electron chi connectivity index (χ2n) is 17.1. The molecule has 2 aromatic carbocycles. The highest BCUT2D eigenvalue weighted by Crippen LogP contribution is 2.46. The summed E-state index contributed by atoms with van der Waals surface area (Å²) in [5.74, 6) is -0.847. The van der Waals surface area contributed by atoms with Crippen LogP contribution in [0.5, 0.6) is 5.75 Å². The number of alkyl halides is 6. The summed E-state index contributed by atoms with van der Waals surface area (Å²) in [6.07, 6.45) is -9.27. The molecular formula is C45H50F8N4O3. The number of rotatable bonds is 11. The van der Waals surface area contributed by atoms with E-state index in [1.54, 1.807) is 72.1 Å². The Balaban J connectivity index is 0.000000228. The topological polar surface area (TPSA) is 107 Å². The van der Waals surface area contributed by atoms with Gasteiger partial charge in [0.15, 0.2) is 11.2 Å². The Bertz CT molecular complexity index is 2490. The Morgan fingerprint density at radius 2 is 1.23 bits per heavy atom. The van der Waals surface area contributed by atoms with Crippen molar-refractivity contribution in [3.05, 3.63) is 124 Å². The molecule has 7 nitrogen and oxygen atoms in total. The van der Waals surface area contributed by atoms with Gasteiger partial charge in [0.1, 0.15) is 17.4 Å². The number of H-pyrrole nitrogens is 2. The summed E-state index contributed by atoms with van der Waals surface area (Å²) in [5, 5.41) is 23.2. The van der Waals surface area contributed by atoms with Crippen LogP contribution in [0.25, 0.3) is 21.8 Å². The second kappa shape index (κ2) is 16.4. The highest BCUT2D eigenvalue weighted by atomic mass is 19.4. The van der Waals surface area contributed by atoms with Crippen LogP contribution in [-0.2, 0) is 23.7 Å². The van der Waals surface area contributed by atoms with Crippen molar-refractivity contribution in [3.63, 3.8) is 0 Å². The number of methoxy groups -OCH3 is 1. The van der Waals surface area contributed by atoms with E-state index in [0.29, 0.717) is 44.5 Å². The fourth-order valence-corrected chi connectivity index (χ4v) is 8.34. The maximum atomic E-state index is 14.1. The average Bonchev–Trinajstić information content (AvgIpc) is 3.67. The van der Waals surface area contributed by atoms with Gasteiger partial charge in [0.25, 0.3) is 0 Å². The number of aryl methyl sites for hydroxylation is 4. The number of aromatic amines is 2. The smallest absolute Gasteiger partial charge is 0.417 e. The fraction of sp³-hybridized carbons (Fsp3) is 0.422. The lowest BCUT2D eigenvalue weighted by molar-refractivity contribution is -0.266. The highest BCUT2D eigenvalue weighted by molar-refractivity contribution is 5.84. The van der Waals surface area contributed by atoms with Gasteiger partial charge in [-0.05, 0) is 117 Å². The molecule has 0 aliphatic carbocycles. The van der Waals surface area contributed by atoms with Crippen molar-refractivity contribution in [1.82, 2.24) is 19.9 Å². The van der Waals surface area contributed by atoms with E-state index < -0.39 is 71.7 Å². The van der Waals surface area contributed by atoms with Gasteiger partial charge in [-0.3, -0.25) is 9.97 Å². The molecule has 4 N–H and O–H groups in total. The van der Waals surface area contributed by atoms with Crippen LogP contribution in [0.3, 0.4) is 0 Å². The molecule has 6 rings (SSSR count). The first-order valence-electron chi connectivity index (χ1n) is 19.2. The molecule has 0 radical (unpaired) electrons. The van der Waals surface area contributed by atoms with Gasteiger partial charge in [0.05, 0.1) is 18.8 Å². The zero-order valence-corrected chi connectivity index (χ0v) is 34.9. The molecular weight excluding hydrogens is 797 g/mol. The number of aliphatic hydroxyl groups is 2. The minimum absolute atomic E-state index is 0.243. The summed E-state index contributed by atoms with van der Waals surface area (Å²) in [4.78, 5) is 14.2. The van der Waals surface area contributed by atoms with Gasteiger partial charge >= 0.3 is 12.4 Å². The lowest BCUT2D eigenvalue weighted by Gasteiger charge is -2.38. The van der Waals surface area contributed by atoms with Gasteiger partial charge in [-0.2, -0.15) is 26.3 Å². The molecule has 0 saturated carbocycles. The van der Waals surface area contributed by atoms with Crippen LogP contribution in [0.4, 0.5) is 35.1 Å². The molecule has 324 valence electrons. The van der Waals surface area contributed by atoms with Gasteiger partial charge in [-0.15, -0.1) is 0 Å². The molecule has 2 unspecified atom stereocenters. The molecule has 0 aliphatic rings. The third kappa shape index (κ3) is 9.62. The summed E-state index contributed by atoms with van der Waals surface area (Å²) in [6.45, 7) is 13.3. The van der Waals surface area contributed by atoms with E-state index in [1.165, 1.54) is 51.3 Å². The Kier molecular flexibility index (Phi) is 12.6. The minimum atomic E-state index is -4.91. The first kappa shape index (κ1) is 46.1. The maximum absolute atomic E-state index is 14.1. The number of pyridine rings is 2. The van der Waals surface area contributed by atoms with Crippen molar-refractivity contribution in [2.24, 2.45) is 0 Å². The number of benzene rings is 2. The van der Waals surface area contributed by atoms with Crippen molar-refractivity contribution >= 4 is 21.8 Å². The van der Waals surface area contributed by atoms with Crippen LogP contribution in [-0.4, -0.2) is 60.8 Å². The molecule has 0 aliphatic heterocycles. The first-order valence-corrected chi connectivity index (χ1v) is 19.2. The van der Waals surface area contributed by atoms with Crippen LogP contribution in [0.2, 0.25) is 0 Å².